The molecule has 0 amide bonds. The van der Waals surface area contributed by atoms with Crippen molar-refractivity contribution in [2.45, 2.75) is 5.41 Å². The summed E-state index contributed by atoms with van der Waals surface area (Å²) in [5.41, 5.74) is 15.4. The molecule has 0 spiro atoms. The smallest absolute Gasteiger partial charge is 0.0714 e. The maximum Gasteiger partial charge on any atom is 0.0714 e. The van der Waals surface area contributed by atoms with Gasteiger partial charge in [-0.05, 0) is 103 Å². The number of nitrogens with zero attached hydrogens (tertiary/aromatic N) is 1. The quantitative estimate of drug-likeness (QED) is 0.161. The van der Waals surface area contributed by atoms with Crippen LogP contribution in [-0.4, -0.2) is 0 Å². The molecule has 1 aliphatic carbocycles. The fraction of sp³-hybridized carbons (Fsp3) is 0.0189. The van der Waals surface area contributed by atoms with Crippen LogP contribution < -0.4 is 4.90 Å². The molecule has 0 heterocycles. The molecule has 9 aromatic carbocycles. The van der Waals surface area contributed by atoms with Crippen LogP contribution in [0.15, 0.2) is 224 Å². The summed E-state index contributed by atoms with van der Waals surface area (Å²) < 4.78 is 0. The van der Waals surface area contributed by atoms with Crippen molar-refractivity contribution in [1.82, 2.24) is 0 Å². The summed E-state index contributed by atoms with van der Waals surface area (Å²) in [7, 11) is 0. The van der Waals surface area contributed by atoms with E-state index in [1.54, 1.807) is 0 Å². The van der Waals surface area contributed by atoms with Gasteiger partial charge in [0.15, 0.2) is 0 Å². The molecule has 0 N–H and O–H groups in total. The number of para-hydroxylation sites is 1. The van der Waals surface area contributed by atoms with E-state index >= 15 is 0 Å². The summed E-state index contributed by atoms with van der Waals surface area (Å²) in [5.74, 6) is 0. The Morgan fingerprint density at radius 1 is 0.315 bits per heavy atom. The van der Waals surface area contributed by atoms with Gasteiger partial charge in [-0.25, -0.2) is 0 Å². The van der Waals surface area contributed by atoms with Crippen molar-refractivity contribution >= 4 is 27.8 Å². The first kappa shape index (κ1) is 31.7. The predicted octanol–water partition coefficient (Wildman–Crippen LogP) is 14.0. The molecular weight excluding hydrogens is 651 g/mol. The summed E-state index contributed by atoms with van der Waals surface area (Å²) in [4.78, 5) is 2.43. The largest absolute Gasteiger partial charge is 0.310 e. The zero-order valence-electron chi connectivity index (χ0n) is 29.8. The van der Waals surface area contributed by atoms with Crippen molar-refractivity contribution in [3.63, 3.8) is 0 Å². The first-order valence-corrected chi connectivity index (χ1v) is 18.7. The maximum atomic E-state index is 2.43. The van der Waals surface area contributed by atoms with Gasteiger partial charge in [0.1, 0.15) is 0 Å². The Balaban J connectivity index is 1.18. The summed E-state index contributed by atoms with van der Waals surface area (Å²) in [6.45, 7) is 0. The lowest BCUT2D eigenvalue weighted by atomic mass is 9.68. The molecule has 254 valence electrons. The second-order valence-electron chi connectivity index (χ2n) is 14.1. The monoisotopic (exact) mass is 687 g/mol. The van der Waals surface area contributed by atoms with Crippen LogP contribution in [0, 0.1) is 0 Å². The highest BCUT2D eigenvalue weighted by atomic mass is 15.1. The first-order chi connectivity index (χ1) is 26.8. The van der Waals surface area contributed by atoms with Crippen LogP contribution in [-0.2, 0) is 5.41 Å². The second-order valence-corrected chi connectivity index (χ2v) is 14.1. The minimum absolute atomic E-state index is 0.472. The molecule has 0 bridgehead atoms. The van der Waals surface area contributed by atoms with Crippen LogP contribution in [0.3, 0.4) is 0 Å². The van der Waals surface area contributed by atoms with Crippen molar-refractivity contribution in [3.05, 3.63) is 247 Å². The molecule has 1 aliphatic rings. The minimum Gasteiger partial charge on any atom is -0.310 e. The van der Waals surface area contributed by atoms with E-state index < -0.39 is 5.41 Å². The number of hydrogen-bond donors (Lipinski definition) is 0. The van der Waals surface area contributed by atoms with Crippen molar-refractivity contribution in [2.24, 2.45) is 0 Å². The average molecular weight is 688 g/mol. The fourth-order valence-electron chi connectivity index (χ4n) is 8.79. The van der Waals surface area contributed by atoms with E-state index in [-0.39, 0.29) is 0 Å². The standard InChI is InChI=1S/C53H37N/c1-5-18-38(19-6-1)47-36-40-20-13-14-21-41(40)37-48(47)39-32-34-45(35-33-39)54(44-26-11-4-12-27-44)51-31-17-30-50-52(51)46-28-15-16-29-49(46)53(50,42-22-7-2-8-23-42)43-24-9-3-10-25-43/h1-37H. The van der Waals surface area contributed by atoms with Crippen LogP contribution in [0.5, 0.6) is 0 Å². The maximum absolute atomic E-state index is 2.43. The van der Waals surface area contributed by atoms with E-state index in [2.05, 4.69) is 229 Å². The zero-order valence-corrected chi connectivity index (χ0v) is 29.8. The number of rotatable bonds is 7. The Hall–Kier alpha value is -6.96. The van der Waals surface area contributed by atoms with Crippen molar-refractivity contribution in [3.8, 4) is 33.4 Å². The molecule has 1 heteroatoms. The molecule has 0 atom stereocenters. The van der Waals surface area contributed by atoms with E-state index in [0.717, 1.165) is 17.1 Å². The molecule has 0 saturated carbocycles. The SMILES string of the molecule is c1ccc(-c2cc3ccccc3cc2-c2ccc(N(c3ccccc3)c3cccc4c3-c3ccccc3C4(c3ccccc3)c3ccccc3)cc2)cc1. The van der Waals surface area contributed by atoms with Gasteiger partial charge in [-0.3, -0.25) is 0 Å². The molecule has 54 heavy (non-hydrogen) atoms. The highest BCUT2D eigenvalue weighted by molar-refractivity contribution is 5.99. The molecule has 0 radical (unpaired) electrons. The third kappa shape index (κ3) is 5.09. The van der Waals surface area contributed by atoms with Gasteiger partial charge >= 0.3 is 0 Å². The third-order valence-corrected chi connectivity index (χ3v) is 11.1. The zero-order chi connectivity index (χ0) is 35.9. The Morgan fingerprint density at radius 2 is 0.778 bits per heavy atom. The van der Waals surface area contributed by atoms with Gasteiger partial charge in [-0.1, -0.05) is 182 Å². The Bertz CT molecular complexity index is 2700. The predicted molar refractivity (Wildman–Crippen MR) is 227 cm³/mol. The van der Waals surface area contributed by atoms with E-state index in [1.165, 1.54) is 66.4 Å². The van der Waals surface area contributed by atoms with Crippen LogP contribution in [0.1, 0.15) is 22.3 Å². The van der Waals surface area contributed by atoms with Gasteiger partial charge in [0.2, 0.25) is 0 Å². The summed E-state index contributed by atoms with van der Waals surface area (Å²) in [5, 5.41) is 2.48. The van der Waals surface area contributed by atoms with Crippen LogP contribution in [0.25, 0.3) is 44.2 Å². The third-order valence-electron chi connectivity index (χ3n) is 11.1. The summed E-state index contributed by atoms with van der Waals surface area (Å²) in [6, 6.07) is 81.9. The van der Waals surface area contributed by atoms with Gasteiger partial charge in [0.25, 0.3) is 0 Å². The van der Waals surface area contributed by atoms with E-state index in [1.807, 2.05) is 0 Å². The van der Waals surface area contributed by atoms with Gasteiger partial charge in [-0.2, -0.15) is 0 Å². The van der Waals surface area contributed by atoms with E-state index in [0.29, 0.717) is 0 Å². The molecule has 0 aromatic heterocycles. The highest BCUT2D eigenvalue weighted by Crippen LogP contribution is 2.59. The first-order valence-electron chi connectivity index (χ1n) is 18.7. The van der Waals surface area contributed by atoms with Crippen LogP contribution in [0.4, 0.5) is 17.1 Å². The van der Waals surface area contributed by atoms with Crippen molar-refractivity contribution in [1.29, 1.82) is 0 Å². The molecule has 0 saturated heterocycles. The fourth-order valence-corrected chi connectivity index (χ4v) is 8.79. The van der Waals surface area contributed by atoms with E-state index in [4.69, 9.17) is 0 Å². The molecule has 0 aliphatic heterocycles. The lowest BCUT2D eigenvalue weighted by Gasteiger charge is -2.34. The van der Waals surface area contributed by atoms with Crippen molar-refractivity contribution < 1.29 is 0 Å². The highest BCUT2D eigenvalue weighted by Gasteiger charge is 2.47. The number of fused-ring (bicyclic) bond motifs is 4. The molecule has 1 nitrogen and oxygen atoms in total. The number of benzene rings is 9. The van der Waals surface area contributed by atoms with E-state index in [9.17, 15) is 0 Å². The summed E-state index contributed by atoms with van der Waals surface area (Å²) in [6.07, 6.45) is 0. The Kier molecular flexibility index (Phi) is 7.78. The minimum atomic E-state index is -0.472. The van der Waals surface area contributed by atoms with Crippen molar-refractivity contribution in [2.75, 3.05) is 4.90 Å². The average Bonchev–Trinajstić information content (AvgIpc) is 3.57. The molecular formula is C53H37N. The Labute approximate surface area is 317 Å². The molecule has 0 unspecified atom stereocenters. The lowest BCUT2D eigenvalue weighted by Crippen LogP contribution is -2.28. The van der Waals surface area contributed by atoms with Gasteiger partial charge in [0, 0.05) is 16.9 Å². The number of hydrogen-bond acceptors (Lipinski definition) is 1. The van der Waals surface area contributed by atoms with Crippen LogP contribution in [0.2, 0.25) is 0 Å². The van der Waals surface area contributed by atoms with Gasteiger partial charge in [-0.15, -0.1) is 0 Å². The topological polar surface area (TPSA) is 3.24 Å². The normalized spacial score (nSPS) is 12.6. The van der Waals surface area contributed by atoms with Crippen LogP contribution >= 0.6 is 0 Å². The Morgan fingerprint density at radius 3 is 1.39 bits per heavy atom. The number of anilines is 3. The lowest BCUT2D eigenvalue weighted by molar-refractivity contribution is 0.768. The van der Waals surface area contributed by atoms with Gasteiger partial charge < -0.3 is 4.90 Å². The van der Waals surface area contributed by atoms with Gasteiger partial charge in [0.05, 0.1) is 11.1 Å². The molecule has 9 aromatic rings. The summed E-state index contributed by atoms with van der Waals surface area (Å²) >= 11 is 0. The molecule has 10 rings (SSSR count). The molecule has 0 fully saturated rings. The second kappa shape index (κ2) is 13.2.